The normalized spacial score (nSPS) is 16.0. The van der Waals surface area contributed by atoms with Crippen LogP contribution in [0, 0.1) is 0 Å². The molecule has 2 aliphatic rings. The van der Waals surface area contributed by atoms with Crippen LogP contribution in [-0.2, 0) is 10.8 Å². The highest BCUT2D eigenvalue weighted by Crippen LogP contribution is 2.61. The Bertz CT molecular complexity index is 2850. The third-order valence-electron chi connectivity index (χ3n) is 12.1. The number of hydrogen-bond donors (Lipinski definition) is 0. The molecule has 55 heavy (non-hydrogen) atoms. The number of benzene rings is 9. The first-order chi connectivity index (χ1) is 27.3. The van der Waals surface area contributed by atoms with Crippen molar-refractivity contribution in [1.29, 1.82) is 0 Å². The molecule has 258 valence electrons. The van der Waals surface area contributed by atoms with Gasteiger partial charge in [0.2, 0.25) is 0 Å². The molecule has 1 heteroatoms. The van der Waals surface area contributed by atoms with Gasteiger partial charge in [0.25, 0.3) is 0 Å². The molecule has 9 aromatic rings. The number of rotatable bonds is 5. The van der Waals surface area contributed by atoms with Crippen molar-refractivity contribution in [3.05, 3.63) is 263 Å². The molecule has 0 fully saturated rings. The van der Waals surface area contributed by atoms with Crippen molar-refractivity contribution in [1.82, 2.24) is 0 Å². The van der Waals surface area contributed by atoms with Crippen LogP contribution < -0.4 is 4.74 Å². The molecule has 1 heterocycles. The highest BCUT2D eigenvalue weighted by atomic mass is 16.5. The Morgan fingerprint density at radius 1 is 0.291 bits per heavy atom. The first-order valence-electron chi connectivity index (χ1n) is 19.1. The molecule has 0 radical (unpaired) electrons. The maximum Gasteiger partial charge on any atom is 0.140 e. The summed E-state index contributed by atoms with van der Waals surface area (Å²) in [6.45, 7) is 0. The molecule has 0 saturated carbocycles. The van der Waals surface area contributed by atoms with Crippen LogP contribution >= 0.6 is 0 Å². The lowest BCUT2D eigenvalue weighted by Crippen LogP contribution is -2.34. The second-order valence-electron chi connectivity index (χ2n) is 14.7. The van der Waals surface area contributed by atoms with Crippen LogP contribution in [0.25, 0.3) is 33.0 Å². The Morgan fingerprint density at radius 2 is 0.782 bits per heavy atom. The van der Waals surface area contributed by atoms with Crippen molar-refractivity contribution in [2.75, 3.05) is 0 Å². The Balaban J connectivity index is 1.26. The second-order valence-corrected chi connectivity index (χ2v) is 14.7. The van der Waals surface area contributed by atoms with Crippen LogP contribution in [-0.4, -0.2) is 0 Å². The van der Waals surface area contributed by atoms with Crippen molar-refractivity contribution < 1.29 is 4.74 Å². The molecular formula is C54H36O. The van der Waals surface area contributed by atoms with Crippen LogP contribution in [0.5, 0.6) is 11.5 Å². The van der Waals surface area contributed by atoms with Gasteiger partial charge >= 0.3 is 0 Å². The van der Waals surface area contributed by atoms with E-state index in [0.29, 0.717) is 0 Å². The van der Waals surface area contributed by atoms with Crippen LogP contribution in [0.4, 0.5) is 0 Å². The number of ether oxygens (including phenoxy) is 1. The van der Waals surface area contributed by atoms with E-state index in [1.807, 2.05) is 0 Å². The molecule has 0 N–H and O–H groups in total. The first kappa shape index (κ1) is 31.6. The minimum absolute atomic E-state index is 0.598. The average molecular weight is 701 g/mol. The third kappa shape index (κ3) is 4.35. The molecule has 11 rings (SSSR count). The SMILES string of the molecule is c1ccc(C2(c3ccccc3)c3ccccc3Oc3c(-c4ccccc4C4(c5ccccc5)c5ccccc5-c5c4ccc4ccccc54)cccc32)cc1. The van der Waals surface area contributed by atoms with E-state index in [2.05, 4.69) is 218 Å². The van der Waals surface area contributed by atoms with E-state index in [9.17, 15) is 0 Å². The predicted octanol–water partition coefficient (Wildman–Crippen LogP) is 13.4. The molecule has 1 unspecified atom stereocenters. The molecule has 1 aliphatic heterocycles. The molecule has 1 nitrogen and oxygen atoms in total. The molecule has 1 aliphatic carbocycles. The van der Waals surface area contributed by atoms with Gasteiger partial charge < -0.3 is 4.74 Å². The van der Waals surface area contributed by atoms with Crippen LogP contribution in [0.2, 0.25) is 0 Å². The van der Waals surface area contributed by atoms with Gasteiger partial charge in [-0.3, -0.25) is 0 Å². The van der Waals surface area contributed by atoms with Crippen LogP contribution in [0.1, 0.15) is 44.5 Å². The molecular weight excluding hydrogens is 665 g/mol. The maximum absolute atomic E-state index is 7.21. The summed E-state index contributed by atoms with van der Waals surface area (Å²) in [5.74, 6) is 1.75. The van der Waals surface area contributed by atoms with Gasteiger partial charge in [0, 0.05) is 16.7 Å². The number of fused-ring (bicyclic) bond motifs is 7. The summed E-state index contributed by atoms with van der Waals surface area (Å²) < 4.78 is 7.21. The van der Waals surface area contributed by atoms with Crippen molar-refractivity contribution in [2.24, 2.45) is 0 Å². The summed E-state index contributed by atoms with van der Waals surface area (Å²) in [5, 5.41) is 2.52. The molecule has 0 saturated heterocycles. The van der Waals surface area contributed by atoms with E-state index in [4.69, 9.17) is 4.74 Å². The summed E-state index contributed by atoms with van der Waals surface area (Å²) in [6, 6.07) is 79.9. The zero-order chi connectivity index (χ0) is 36.4. The van der Waals surface area contributed by atoms with Crippen molar-refractivity contribution in [3.63, 3.8) is 0 Å². The quantitative estimate of drug-likeness (QED) is 0.174. The topological polar surface area (TPSA) is 9.23 Å². The molecule has 0 amide bonds. The van der Waals surface area contributed by atoms with E-state index in [1.165, 1.54) is 55.3 Å². The van der Waals surface area contributed by atoms with Gasteiger partial charge in [-0.05, 0) is 66.9 Å². The highest BCUT2D eigenvalue weighted by Gasteiger charge is 2.49. The zero-order valence-electron chi connectivity index (χ0n) is 30.2. The van der Waals surface area contributed by atoms with Gasteiger partial charge in [-0.25, -0.2) is 0 Å². The van der Waals surface area contributed by atoms with E-state index < -0.39 is 10.8 Å². The summed E-state index contributed by atoms with van der Waals surface area (Å²) >= 11 is 0. The smallest absolute Gasteiger partial charge is 0.140 e. The summed E-state index contributed by atoms with van der Waals surface area (Å²) in [4.78, 5) is 0. The Kier molecular flexibility index (Phi) is 7.06. The van der Waals surface area contributed by atoms with E-state index in [0.717, 1.165) is 33.8 Å². The van der Waals surface area contributed by atoms with Crippen molar-refractivity contribution >= 4 is 10.8 Å². The molecule has 9 aromatic carbocycles. The lowest BCUT2D eigenvalue weighted by atomic mass is 9.62. The van der Waals surface area contributed by atoms with Gasteiger partial charge in [0.05, 0.1) is 10.8 Å². The van der Waals surface area contributed by atoms with E-state index >= 15 is 0 Å². The fraction of sp³-hybridized carbons (Fsp3) is 0.0370. The Hall–Kier alpha value is -6.96. The molecule has 0 bridgehead atoms. The highest BCUT2D eigenvalue weighted by molar-refractivity contribution is 6.04. The lowest BCUT2D eigenvalue weighted by molar-refractivity contribution is 0.436. The first-order valence-corrected chi connectivity index (χ1v) is 19.1. The summed E-state index contributed by atoms with van der Waals surface area (Å²) in [5.41, 5.74) is 13.3. The summed E-state index contributed by atoms with van der Waals surface area (Å²) in [7, 11) is 0. The van der Waals surface area contributed by atoms with Gasteiger partial charge in [0.15, 0.2) is 0 Å². The molecule has 1 atom stereocenters. The lowest BCUT2D eigenvalue weighted by Gasteiger charge is -2.42. The standard InChI is InChI=1S/C54H36O/c1-4-20-38(21-5-1)53(39-22-6-2-7-23-39)47-32-16-17-34-50(47)55-52-43(29-18-33-49(52)53)42-27-12-14-30-45(42)54(40-24-8-3-9-25-40)46-31-15-13-28-44(46)51-41-26-11-10-19-37(41)35-36-48(51)54/h1-36H. The number of hydrogen-bond acceptors (Lipinski definition) is 1. The van der Waals surface area contributed by atoms with E-state index in [1.54, 1.807) is 0 Å². The van der Waals surface area contributed by atoms with E-state index in [-0.39, 0.29) is 0 Å². The monoisotopic (exact) mass is 700 g/mol. The number of para-hydroxylation sites is 2. The zero-order valence-corrected chi connectivity index (χ0v) is 30.2. The molecule has 0 aromatic heterocycles. The minimum Gasteiger partial charge on any atom is -0.456 e. The fourth-order valence-corrected chi connectivity index (χ4v) is 9.98. The Morgan fingerprint density at radius 3 is 1.47 bits per heavy atom. The average Bonchev–Trinajstić information content (AvgIpc) is 3.58. The van der Waals surface area contributed by atoms with Gasteiger partial charge in [-0.2, -0.15) is 0 Å². The maximum atomic E-state index is 7.21. The fourth-order valence-electron chi connectivity index (χ4n) is 9.98. The summed E-state index contributed by atoms with van der Waals surface area (Å²) in [6.07, 6.45) is 0. The minimum atomic E-state index is -0.611. The largest absolute Gasteiger partial charge is 0.456 e. The third-order valence-corrected chi connectivity index (χ3v) is 12.1. The van der Waals surface area contributed by atoms with Gasteiger partial charge in [-0.15, -0.1) is 0 Å². The second kappa shape index (κ2) is 12.3. The van der Waals surface area contributed by atoms with Crippen molar-refractivity contribution in [3.8, 4) is 33.8 Å². The predicted molar refractivity (Wildman–Crippen MR) is 225 cm³/mol. The van der Waals surface area contributed by atoms with Crippen LogP contribution in [0.15, 0.2) is 218 Å². The van der Waals surface area contributed by atoms with Gasteiger partial charge in [-0.1, -0.05) is 212 Å². The van der Waals surface area contributed by atoms with Gasteiger partial charge in [0.1, 0.15) is 11.5 Å². The molecule has 0 spiro atoms. The van der Waals surface area contributed by atoms with Crippen molar-refractivity contribution in [2.45, 2.75) is 10.8 Å². The Labute approximate surface area is 321 Å². The van der Waals surface area contributed by atoms with Crippen LogP contribution in [0.3, 0.4) is 0 Å².